The van der Waals surface area contributed by atoms with Gasteiger partial charge in [0.2, 0.25) is 11.7 Å². The van der Waals surface area contributed by atoms with Gasteiger partial charge in [-0.15, -0.1) is 0 Å². The molecule has 2 aromatic rings. The molecule has 1 aliphatic heterocycles. The molecule has 0 radical (unpaired) electrons. The van der Waals surface area contributed by atoms with Crippen LogP contribution in [0.2, 0.25) is 5.02 Å². The van der Waals surface area contributed by atoms with E-state index in [9.17, 15) is 0 Å². The van der Waals surface area contributed by atoms with E-state index in [-0.39, 0.29) is 0 Å². The van der Waals surface area contributed by atoms with Crippen LogP contribution in [0.1, 0.15) is 39.5 Å². The number of halogens is 1. The van der Waals surface area contributed by atoms with Gasteiger partial charge in [0.15, 0.2) is 0 Å². The lowest BCUT2D eigenvalue weighted by Crippen LogP contribution is -2.37. The Morgan fingerprint density at radius 1 is 1.22 bits per heavy atom. The Labute approximate surface area is 142 Å². The van der Waals surface area contributed by atoms with Crippen LogP contribution in [0.3, 0.4) is 0 Å². The molecule has 3 rings (SSSR count). The molecule has 23 heavy (non-hydrogen) atoms. The number of likely N-dealkylation sites (tertiary alicyclic amines) is 1. The Kier molecular flexibility index (Phi) is 4.74. The van der Waals surface area contributed by atoms with Crippen LogP contribution in [-0.4, -0.2) is 28.1 Å². The minimum absolute atomic E-state index is 0.397. The maximum atomic E-state index is 6.19. The van der Waals surface area contributed by atoms with Gasteiger partial charge >= 0.3 is 0 Å². The third-order valence-corrected chi connectivity index (χ3v) is 5.08. The van der Waals surface area contributed by atoms with Gasteiger partial charge < -0.3 is 4.52 Å². The largest absolute Gasteiger partial charge is 0.338 e. The van der Waals surface area contributed by atoms with Crippen LogP contribution in [0, 0.1) is 11.3 Å². The van der Waals surface area contributed by atoms with Gasteiger partial charge in [0.25, 0.3) is 0 Å². The molecule has 0 amide bonds. The lowest BCUT2D eigenvalue weighted by molar-refractivity contribution is 0.100. The summed E-state index contributed by atoms with van der Waals surface area (Å²) < 4.78 is 5.41. The molecule has 0 N–H and O–H groups in total. The Hall–Kier alpha value is -1.39. The molecule has 0 bridgehead atoms. The van der Waals surface area contributed by atoms with Crippen molar-refractivity contribution in [3.05, 3.63) is 35.2 Å². The normalized spacial score (nSPS) is 17.6. The quantitative estimate of drug-likeness (QED) is 0.820. The van der Waals surface area contributed by atoms with Crippen molar-refractivity contribution < 1.29 is 4.52 Å². The predicted molar refractivity (Wildman–Crippen MR) is 92.2 cm³/mol. The van der Waals surface area contributed by atoms with Gasteiger partial charge in [-0.3, -0.25) is 4.90 Å². The van der Waals surface area contributed by atoms with Crippen LogP contribution in [0.25, 0.3) is 11.4 Å². The lowest BCUT2D eigenvalue weighted by atomic mass is 9.75. The average molecular weight is 334 g/mol. The Morgan fingerprint density at radius 3 is 2.57 bits per heavy atom. The third kappa shape index (κ3) is 3.93. The third-order valence-electron chi connectivity index (χ3n) is 4.75. The highest BCUT2D eigenvalue weighted by atomic mass is 35.5. The van der Waals surface area contributed by atoms with E-state index >= 15 is 0 Å². The first-order valence-electron chi connectivity index (χ1n) is 8.23. The monoisotopic (exact) mass is 333 g/mol. The van der Waals surface area contributed by atoms with E-state index in [4.69, 9.17) is 16.1 Å². The maximum absolute atomic E-state index is 6.19. The smallest absolute Gasteiger partial charge is 0.241 e. The van der Waals surface area contributed by atoms with E-state index in [1.165, 1.54) is 12.8 Å². The molecular formula is C18H24ClN3O. The topological polar surface area (TPSA) is 42.2 Å². The first-order chi connectivity index (χ1) is 10.9. The van der Waals surface area contributed by atoms with Gasteiger partial charge in [-0.2, -0.15) is 4.98 Å². The molecule has 0 aliphatic carbocycles. The molecule has 2 heterocycles. The summed E-state index contributed by atoms with van der Waals surface area (Å²) in [6.45, 7) is 9.90. The Bertz CT molecular complexity index is 654. The van der Waals surface area contributed by atoms with E-state index < -0.39 is 0 Å². The zero-order valence-corrected chi connectivity index (χ0v) is 14.8. The molecule has 5 heteroatoms. The van der Waals surface area contributed by atoms with Crippen LogP contribution < -0.4 is 0 Å². The first-order valence-corrected chi connectivity index (χ1v) is 8.61. The molecule has 1 aromatic heterocycles. The summed E-state index contributed by atoms with van der Waals surface area (Å²) in [7, 11) is 0. The highest BCUT2D eigenvalue weighted by molar-refractivity contribution is 6.33. The lowest BCUT2D eigenvalue weighted by Gasteiger charge is -2.38. The molecule has 4 nitrogen and oxygen atoms in total. The van der Waals surface area contributed by atoms with Crippen LogP contribution in [0.5, 0.6) is 0 Å². The van der Waals surface area contributed by atoms with Crippen molar-refractivity contribution in [2.75, 3.05) is 13.1 Å². The van der Waals surface area contributed by atoms with Crippen LogP contribution in [-0.2, 0) is 6.54 Å². The SMILES string of the molecule is CC(C)(C)C1CCN(Cc2nc(-c3ccccc3Cl)no2)CC1. The molecular weight excluding hydrogens is 310 g/mol. The number of hydrogen-bond acceptors (Lipinski definition) is 4. The van der Waals surface area contributed by atoms with E-state index in [2.05, 4.69) is 35.8 Å². The fraction of sp³-hybridized carbons (Fsp3) is 0.556. The van der Waals surface area contributed by atoms with Crippen molar-refractivity contribution in [1.29, 1.82) is 0 Å². The van der Waals surface area contributed by atoms with Gasteiger partial charge in [0.05, 0.1) is 11.6 Å². The van der Waals surface area contributed by atoms with Gasteiger partial charge in [0, 0.05) is 5.56 Å². The molecule has 1 saturated heterocycles. The standard InChI is InChI=1S/C18H24ClN3O/c1-18(2,3)13-8-10-22(11-9-13)12-16-20-17(21-23-16)14-6-4-5-7-15(14)19/h4-7,13H,8-12H2,1-3H3. The summed E-state index contributed by atoms with van der Waals surface area (Å²) in [5, 5.41) is 4.71. The molecule has 0 atom stereocenters. The van der Waals surface area contributed by atoms with Gasteiger partial charge in [-0.05, 0) is 49.4 Å². The molecule has 1 fully saturated rings. The Balaban J connectivity index is 1.61. The summed E-state index contributed by atoms with van der Waals surface area (Å²) in [5.41, 5.74) is 1.21. The first kappa shape index (κ1) is 16.5. The number of benzene rings is 1. The Morgan fingerprint density at radius 2 is 1.91 bits per heavy atom. The zero-order valence-electron chi connectivity index (χ0n) is 14.1. The summed E-state index contributed by atoms with van der Waals surface area (Å²) in [5.74, 6) is 2.02. The van der Waals surface area contributed by atoms with Crippen molar-refractivity contribution in [2.45, 2.75) is 40.2 Å². The number of rotatable bonds is 3. The van der Waals surface area contributed by atoms with Crippen molar-refractivity contribution in [3.63, 3.8) is 0 Å². The van der Waals surface area contributed by atoms with Crippen LogP contribution in [0.15, 0.2) is 28.8 Å². The summed E-state index contributed by atoms with van der Waals surface area (Å²) in [6.07, 6.45) is 2.46. The van der Waals surface area contributed by atoms with Gasteiger partial charge in [0.1, 0.15) is 0 Å². The number of nitrogens with zero attached hydrogens (tertiary/aromatic N) is 3. The average Bonchev–Trinajstić information content (AvgIpc) is 2.95. The number of piperidine rings is 1. The second-order valence-electron chi connectivity index (χ2n) is 7.41. The summed E-state index contributed by atoms with van der Waals surface area (Å²) in [4.78, 5) is 6.89. The van der Waals surface area contributed by atoms with E-state index in [1.54, 1.807) is 0 Å². The molecule has 0 saturated carbocycles. The summed E-state index contributed by atoms with van der Waals surface area (Å²) >= 11 is 6.19. The molecule has 1 aromatic carbocycles. The van der Waals surface area contributed by atoms with E-state index in [0.717, 1.165) is 24.6 Å². The van der Waals surface area contributed by atoms with Gasteiger partial charge in [-0.25, -0.2) is 0 Å². The maximum Gasteiger partial charge on any atom is 0.241 e. The predicted octanol–water partition coefficient (Wildman–Crippen LogP) is 4.65. The highest BCUT2D eigenvalue weighted by Gasteiger charge is 2.29. The fourth-order valence-corrected chi connectivity index (χ4v) is 3.44. The highest BCUT2D eigenvalue weighted by Crippen LogP contribution is 2.34. The van der Waals surface area contributed by atoms with Gasteiger partial charge in [-0.1, -0.05) is 49.7 Å². The zero-order chi connectivity index (χ0) is 16.4. The second-order valence-corrected chi connectivity index (χ2v) is 7.82. The number of aromatic nitrogens is 2. The van der Waals surface area contributed by atoms with E-state index in [1.807, 2.05) is 24.3 Å². The van der Waals surface area contributed by atoms with Crippen molar-refractivity contribution in [3.8, 4) is 11.4 Å². The number of hydrogen-bond donors (Lipinski definition) is 0. The van der Waals surface area contributed by atoms with Crippen molar-refractivity contribution >= 4 is 11.6 Å². The molecule has 0 spiro atoms. The van der Waals surface area contributed by atoms with Crippen LogP contribution in [0.4, 0.5) is 0 Å². The molecule has 0 unspecified atom stereocenters. The fourth-order valence-electron chi connectivity index (χ4n) is 3.22. The summed E-state index contributed by atoms with van der Waals surface area (Å²) in [6, 6.07) is 7.57. The molecule has 1 aliphatic rings. The minimum atomic E-state index is 0.397. The van der Waals surface area contributed by atoms with E-state index in [0.29, 0.717) is 28.7 Å². The minimum Gasteiger partial charge on any atom is -0.338 e. The molecule has 124 valence electrons. The van der Waals surface area contributed by atoms with Crippen molar-refractivity contribution in [2.24, 2.45) is 11.3 Å². The van der Waals surface area contributed by atoms with Crippen molar-refractivity contribution in [1.82, 2.24) is 15.0 Å². The van der Waals surface area contributed by atoms with Crippen LogP contribution >= 0.6 is 11.6 Å². The second kappa shape index (κ2) is 6.62.